The van der Waals surface area contributed by atoms with Gasteiger partial charge in [-0.3, -0.25) is 4.79 Å². The van der Waals surface area contributed by atoms with Gasteiger partial charge in [-0.05, 0) is 36.4 Å². The lowest BCUT2D eigenvalue weighted by Gasteiger charge is -2.26. The Morgan fingerprint density at radius 1 is 0.692 bits per heavy atom. The largest absolute Gasteiger partial charge is 0.452 e. The minimum Gasteiger partial charge on any atom is -0.452 e. The van der Waals surface area contributed by atoms with Crippen molar-refractivity contribution in [2.24, 2.45) is 0 Å². The van der Waals surface area contributed by atoms with Crippen molar-refractivity contribution in [1.29, 1.82) is 0 Å². The first kappa shape index (κ1) is 27.1. The number of carbonyl (C=O) groups is 4. The minimum atomic E-state index is -1.51. The van der Waals surface area contributed by atoms with Gasteiger partial charge < -0.3 is 23.7 Å². The summed E-state index contributed by atoms with van der Waals surface area (Å²) in [5.41, 5.74) is 0.607. The second-order valence-corrected chi connectivity index (χ2v) is 8.41. The van der Waals surface area contributed by atoms with Crippen LogP contribution >= 0.6 is 0 Å². The van der Waals surface area contributed by atoms with Crippen LogP contribution in [0.25, 0.3) is 0 Å². The lowest BCUT2D eigenvalue weighted by molar-refractivity contribution is -0.190. The average Bonchev–Trinajstić information content (AvgIpc) is 3.28. The first-order valence-corrected chi connectivity index (χ1v) is 11.9. The highest BCUT2D eigenvalue weighted by Gasteiger charge is 2.55. The summed E-state index contributed by atoms with van der Waals surface area (Å²) in [4.78, 5) is 50.7. The highest BCUT2D eigenvalue weighted by atomic mass is 16.8. The molecule has 0 bridgehead atoms. The molecule has 3 aromatic carbocycles. The monoisotopic (exact) mass is 528 g/mol. The summed E-state index contributed by atoms with van der Waals surface area (Å²) in [7, 11) is 0. The van der Waals surface area contributed by atoms with Crippen LogP contribution in [0.4, 0.5) is 0 Å². The SMILES string of the molecule is C#C[C@H](OC(=O)c1ccccc1)[C@H]1OC(OC(C)=O)[C@H](OC(=O)c2ccccc2)[C@@H]1OC(=O)c1ccccc1. The Bertz CT molecular complexity index is 1350. The van der Waals surface area contributed by atoms with E-state index >= 15 is 0 Å². The topological polar surface area (TPSA) is 114 Å². The third kappa shape index (κ3) is 6.69. The Balaban J connectivity index is 1.67. The molecule has 1 fully saturated rings. The van der Waals surface area contributed by atoms with Gasteiger partial charge in [0.15, 0.2) is 18.3 Å². The second-order valence-electron chi connectivity index (χ2n) is 8.41. The van der Waals surface area contributed by atoms with E-state index in [2.05, 4.69) is 5.92 Å². The zero-order valence-corrected chi connectivity index (χ0v) is 20.8. The van der Waals surface area contributed by atoms with Gasteiger partial charge in [-0.2, -0.15) is 0 Å². The summed E-state index contributed by atoms with van der Waals surface area (Å²) in [6.07, 6.45) is -1.43. The van der Waals surface area contributed by atoms with E-state index in [0.717, 1.165) is 6.92 Å². The van der Waals surface area contributed by atoms with E-state index in [1.54, 1.807) is 54.6 Å². The first-order chi connectivity index (χ1) is 18.9. The van der Waals surface area contributed by atoms with Crippen LogP contribution < -0.4 is 0 Å². The molecule has 0 aliphatic carbocycles. The van der Waals surface area contributed by atoms with Gasteiger partial charge >= 0.3 is 23.9 Å². The molecule has 1 saturated heterocycles. The number of ether oxygens (including phenoxy) is 5. The number of esters is 4. The molecule has 1 unspecified atom stereocenters. The van der Waals surface area contributed by atoms with Gasteiger partial charge in [0.2, 0.25) is 12.4 Å². The standard InChI is InChI=1S/C30H24O9/c1-3-23(36-27(32)20-13-7-4-8-14-20)24-25(37-28(33)21-15-9-5-10-16-21)26(30(39-24)35-19(2)31)38-29(34)22-17-11-6-12-18-22/h1,4-18,23-26,30H,2H3/t23-,24+,25+,26+,30?/m0/s1. The van der Waals surface area contributed by atoms with E-state index in [1.165, 1.54) is 36.4 Å². The average molecular weight is 529 g/mol. The fourth-order valence-electron chi connectivity index (χ4n) is 3.90. The van der Waals surface area contributed by atoms with Crippen molar-refractivity contribution in [1.82, 2.24) is 0 Å². The minimum absolute atomic E-state index is 0.193. The molecular weight excluding hydrogens is 504 g/mol. The molecule has 39 heavy (non-hydrogen) atoms. The fraction of sp³-hybridized carbons (Fsp3) is 0.200. The Morgan fingerprint density at radius 2 is 1.13 bits per heavy atom. The highest BCUT2D eigenvalue weighted by molar-refractivity contribution is 5.91. The summed E-state index contributed by atoms with van der Waals surface area (Å²) >= 11 is 0. The molecule has 1 heterocycles. The third-order valence-electron chi connectivity index (χ3n) is 5.70. The van der Waals surface area contributed by atoms with Crippen molar-refractivity contribution < 1.29 is 42.9 Å². The van der Waals surface area contributed by atoms with Crippen molar-refractivity contribution in [2.75, 3.05) is 0 Å². The van der Waals surface area contributed by atoms with Crippen LogP contribution in [-0.2, 0) is 28.5 Å². The maximum atomic E-state index is 13.0. The summed E-state index contributed by atoms with van der Waals surface area (Å²) in [5, 5.41) is 0. The molecule has 0 spiro atoms. The van der Waals surface area contributed by atoms with E-state index in [1.807, 2.05) is 0 Å². The number of terminal acetylenes is 1. The molecule has 0 N–H and O–H groups in total. The van der Waals surface area contributed by atoms with E-state index in [0.29, 0.717) is 0 Å². The number of rotatable bonds is 8. The molecule has 0 amide bonds. The zero-order valence-electron chi connectivity index (χ0n) is 20.8. The van der Waals surface area contributed by atoms with Crippen molar-refractivity contribution in [3.05, 3.63) is 108 Å². The molecular formula is C30H24O9. The first-order valence-electron chi connectivity index (χ1n) is 11.9. The van der Waals surface area contributed by atoms with Crippen molar-refractivity contribution in [3.8, 4) is 12.3 Å². The van der Waals surface area contributed by atoms with E-state index < -0.39 is 54.6 Å². The number of hydrogen-bond donors (Lipinski definition) is 0. The molecule has 0 aromatic heterocycles. The predicted molar refractivity (Wildman–Crippen MR) is 136 cm³/mol. The smallest absolute Gasteiger partial charge is 0.339 e. The molecule has 0 saturated carbocycles. The maximum absolute atomic E-state index is 13.0. The van der Waals surface area contributed by atoms with Crippen molar-refractivity contribution >= 4 is 23.9 Å². The number of carbonyl (C=O) groups excluding carboxylic acids is 4. The molecule has 198 valence electrons. The summed E-state index contributed by atoms with van der Waals surface area (Å²) < 4.78 is 28.0. The Hall–Kier alpha value is -4.94. The van der Waals surface area contributed by atoms with Crippen molar-refractivity contribution in [2.45, 2.75) is 37.6 Å². The van der Waals surface area contributed by atoms with Crippen LogP contribution in [0.5, 0.6) is 0 Å². The molecule has 3 aromatic rings. The fourth-order valence-corrected chi connectivity index (χ4v) is 3.90. The van der Waals surface area contributed by atoms with Crippen LogP contribution in [0.2, 0.25) is 0 Å². The maximum Gasteiger partial charge on any atom is 0.339 e. The van der Waals surface area contributed by atoms with Gasteiger partial charge in [-0.1, -0.05) is 60.5 Å². The Morgan fingerprint density at radius 3 is 1.56 bits per heavy atom. The van der Waals surface area contributed by atoms with E-state index in [-0.39, 0.29) is 16.7 Å². The van der Waals surface area contributed by atoms with E-state index in [4.69, 9.17) is 30.1 Å². The lowest BCUT2D eigenvalue weighted by atomic mass is 10.0. The Labute approximate surface area is 224 Å². The van der Waals surface area contributed by atoms with Crippen LogP contribution in [0.1, 0.15) is 38.0 Å². The van der Waals surface area contributed by atoms with Crippen LogP contribution in [-0.4, -0.2) is 54.6 Å². The van der Waals surface area contributed by atoms with Gasteiger partial charge in [0.05, 0.1) is 16.7 Å². The molecule has 9 heteroatoms. The van der Waals surface area contributed by atoms with Gasteiger partial charge in [0.25, 0.3) is 0 Å². The molecule has 0 radical (unpaired) electrons. The normalized spacial score (nSPS) is 20.6. The molecule has 4 rings (SSSR count). The number of benzene rings is 3. The zero-order chi connectivity index (χ0) is 27.8. The number of hydrogen-bond acceptors (Lipinski definition) is 9. The summed E-state index contributed by atoms with van der Waals surface area (Å²) in [6.45, 7) is 1.13. The van der Waals surface area contributed by atoms with Crippen LogP contribution in [0, 0.1) is 12.3 Å². The van der Waals surface area contributed by atoms with E-state index in [9.17, 15) is 19.2 Å². The Kier molecular flexibility index (Phi) is 8.71. The molecule has 1 aliphatic heterocycles. The van der Waals surface area contributed by atoms with Gasteiger partial charge in [-0.15, -0.1) is 6.42 Å². The van der Waals surface area contributed by atoms with Crippen LogP contribution in [0.3, 0.4) is 0 Å². The highest BCUT2D eigenvalue weighted by Crippen LogP contribution is 2.32. The molecule has 5 atom stereocenters. The van der Waals surface area contributed by atoms with Crippen molar-refractivity contribution in [3.63, 3.8) is 0 Å². The third-order valence-corrected chi connectivity index (χ3v) is 5.70. The summed E-state index contributed by atoms with van der Waals surface area (Å²) in [5.74, 6) is -0.769. The van der Waals surface area contributed by atoms with Gasteiger partial charge in [0, 0.05) is 6.92 Å². The predicted octanol–water partition coefficient (Wildman–Crippen LogP) is 3.58. The quantitative estimate of drug-likeness (QED) is 0.246. The summed E-state index contributed by atoms with van der Waals surface area (Å²) in [6, 6.07) is 24.2. The molecule has 9 nitrogen and oxygen atoms in total. The second kappa shape index (κ2) is 12.5. The lowest BCUT2D eigenvalue weighted by Crippen LogP contribution is -2.45. The van der Waals surface area contributed by atoms with Gasteiger partial charge in [-0.25, -0.2) is 14.4 Å². The molecule has 1 aliphatic rings. The van der Waals surface area contributed by atoms with Crippen LogP contribution in [0.15, 0.2) is 91.0 Å². The van der Waals surface area contributed by atoms with Gasteiger partial charge in [0.1, 0.15) is 0 Å².